The molecule has 1 aromatic carbocycles. The van der Waals surface area contributed by atoms with Crippen molar-refractivity contribution in [1.29, 1.82) is 0 Å². The van der Waals surface area contributed by atoms with Gasteiger partial charge in [-0.1, -0.05) is 30.3 Å². The van der Waals surface area contributed by atoms with Gasteiger partial charge in [0.05, 0.1) is 0 Å². The zero-order valence-corrected chi connectivity index (χ0v) is 6.96. The van der Waals surface area contributed by atoms with Gasteiger partial charge >= 0.3 is 0 Å². The average molecular weight is 144 g/mol. The van der Waals surface area contributed by atoms with E-state index in [0.717, 1.165) is 5.56 Å². The third-order valence-corrected chi connectivity index (χ3v) is 1.77. The second-order valence-corrected chi connectivity index (χ2v) is 2.60. The molecule has 0 aliphatic carbocycles. The van der Waals surface area contributed by atoms with Crippen molar-refractivity contribution in [2.75, 3.05) is 0 Å². The monoisotopic (exact) mass is 144 g/mol. The molecule has 0 aromatic heterocycles. The lowest BCUT2D eigenvalue weighted by Gasteiger charge is -2.00. The average Bonchev–Trinajstić information content (AvgIpc) is 2.03. The van der Waals surface area contributed by atoms with Gasteiger partial charge in [-0.05, 0) is 37.5 Å². The second kappa shape index (κ2) is 3.38. The molecule has 0 aliphatic heterocycles. The van der Waals surface area contributed by atoms with Gasteiger partial charge < -0.3 is 0 Å². The smallest absolute Gasteiger partial charge is 0.00118 e. The molecule has 0 N–H and O–H groups in total. The Morgan fingerprint density at radius 3 is 2.73 bits per heavy atom. The van der Waals surface area contributed by atoms with E-state index in [2.05, 4.69) is 19.1 Å². The summed E-state index contributed by atoms with van der Waals surface area (Å²) in [7, 11) is 0. The highest BCUT2D eigenvalue weighted by Gasteiger charge is 1.92. The van der Waals surface area contributed by atoms with E-state index in [1.165, 1.54) is 11.1 Å². The van der Waals surface area contributed by atoms with Gasteiger partial charge in [-0.25, -0.2) is 0 Å². The summed E-state index contributed by atoms with van der Waals surface area (Å²) in [5, 5.41) is 0. The standard InChI is InChI=1S/C11H12/c1-4-10(3)11-7-5-6-9(2)8-11/h2,4-8H,1,3H3/b10-4+. The Hall–Kier alpha value is -1.04. The summed E-state index contributed by atoms with van der Waals surface area (Å²) < 4.78 is 0. The summed E-state index contributed by atoms with van der Waals surface area (Å²) in [6.07, 6.45) is 2.08. The van der Waals surface area contributed by atoms with Crippen molar-refractivity contribution in [2.24, 2.45) is 0 Å². The van der Waals surface area contributed by atoms with Gasteiger partial charge in [-0.3, -0.25) is 0 Å². The summed E-state index contributed by atoms with van der Waals surface area (Å²) in [5.41, 5.74) is 3.29. The minimum absolute atomic E-state index is 0.823. The lowest BCUT2D eigenvalue weighted by molar-refractivity contribution is 1.51. The molecular weight excluding hydrogens is 132 g/mol. The molecule has 1 aromatic rings. The zero-order chi connectivity index (χ0) is 8.27. The van der Waals surface area contributed by atoms with E-state index < -0.39 is 0 Å². The second-order valence-electron chi connectivity index (χ2n) is 2.60. The van der Waals surface area contributed by atoms with E-state index in [0.29, 0.717) is 0 Å². The predicted molar refractivity (Wildman–Crippen MR) is 49.2 cm³/mol. The van der Waals surface area contributed by atoms with Crippen molar-refractivity contribution >= 4 is 5.57 Å². The van der Waals surface area contributed by atoms with Crippen LogP contribution in [-0.4, -0.2) is 0 Å². The maximum Gasteiger partial charge on any atom is -0.00118 e. The summed E-state index contributed by atoms with van der Waals surface area (Å²) in [6.45, 7) is 9.73. The molecule has 2 radical (unpaired) electrons. The van der Waals surface area contributed by atoms with Gasteiger partial charge in [0.15, 0.2) is 0 Å². The molecule has 0 unspecified atom stereocenters. The van der Waals surface area contributed by atoms with E-state index in [1.54, 1.807) is 0 Å². The Kier molecular flexibility index (Phi) is 2.48. The third kappa shape index (κ3) is 1.94. The Labute approximate surface area is 68.6 Å². The first-order valence-corrected chi connectivity index (χ1v) is 3.73. The van der Waals surface area contributed by atoms with Gasteiger partial charge in [0.25, 0.3) is 0 Å². The highest BCUT2D eigenvalue weighted by atomic mass is 14.0. The molecule has 11 heavy (non-hydrogen) atoms. The van der Waals surface area contributed by atoms with Gasteiger partial charge in [0, 0.05) is 0 Å². The quantitative estimate of drug-likeness (QED) is 0.568. The topological polar surface area (TPSA) is 0 Å². The van der Waals surface area contributed by atoms with Crippen LogP contribution in [0.2, 0.25) is 0 Å². The number of hydrogen-bond acceptors (Lipinski definition) is 0. The Morgan fingerprint density at radius 2 is 2.18 bits per heavy atom. The fraction of sp³-hybridized carbons (Fsp3) is 0.182. The summed E-state index contributed by atoms with van der Waals surface area (Å²) in [4.78, 5) is 0. The Bertz CT molecular complexity index is 269. The summed E-state index contributed by atoms with van der Waals surface area (Å²) >= 11 is 0. The molecule has 0 fully saturated rings. The minimum Gasteiger partial charge on any atom is -0.0841 e. The zero-order valence-electron chi connectivity index (χ0n) is 6.96. The summed E-state index contributed by atoms with van der Waals surface area (Å²) in [5.74, 6) is 0. The molecule has 0 bridgehead atoms. The van der Waals surface area contributed by atoms with E-state index in [-0.39, 0.29) is 0 Å². The molecular formula is C11H12. The third-order valence-electron chi connectivity index (χ3n) is 1.77. The van der Waals surface area contributed by atoms with Crippen molar-refractivity contribution in [3.63, 3.8) is 0 Å². The van der Waals surface area contributed by atoms with Crippen LogP contribution in [0.5, 0.6) is 0 Å². The molecule has 56 valence electrons. The van der Waals surface area contributed by atoms with E-state index in [1.807, 2.05) is 25.1 Å². The van der Waals surface area contributed by atoms with Crippen LogP contribution in [0.1, 0.15) is 25.0 Å². The summed E-state index contributed by atoms with van der Waals surface area (Å²) in [6, 6.07) is 7.91. The van der Waals surface area contributed by atoms with Crippen molar-refractivity contribution in [3.8, 4) is 0 Å². The molecule has 0 atom stereocenters. The lowest BCUT2D eigenvalue weighted by atomic mass is 10.1. The van der Waals surface area contributed by atoms with Crippen LogP contribution in [0.25, 0.3) is 5.57 Å². The molecule has 1 rings (SSSR count). The van der Waals surface area contributed by atoms with Crippen LogP contribution in [0.4, 0.5) is 0 Å². The highest BCUT2D eigenvalue weighted by Crippen LogP contribution is 2.13. The van der Waals surface area contributed by atoms with Crippen LogP contribution >= 0.6 is 0 Å². The predicted octanol–water partition coefficient (Wildman–Crippen LogP) is 3.17. The van der Waals surface area contributed by atoms with Gasteiger partial charge in [0.1, 0.15) is 0 Å². The first kappa shape index (κ1) is 8.06. The number of benzene rings is 1. The van der Waals surface area contributed by atoms with E-state index >= 15 is 0 Å². The molecule has 0 saturated heterocycles. The Morgan fingerprint density at radius 1 is 1.45 bits per heavy atom. The maximum atomic E-state index is 5.62. The van der Waals surface area contributed by atoms with Crippen LogP contribution in [-0.2, 0) is 0 Å². The maximum absolute atomic E-state index is 5.62. The molecule has 0 saturated carbocycles. The minimum atomic E-state index is 0.823. The first-order valence-electron chi connectivity index (χ1n) is 3.73. The SMILES string of the molecule is [CH]c1cccc(/C(C)=C/C)c1. The molecule has 0 heteroatoms. The van der Waals surface area contributed by atoms with E-state index in [4.69, 9.17) is 6.92 Å². The largest absolute Gasteiger partial charge is 0.0841 e. The highest BCUT2D eigenvalue weighted by molar-refractivity contribution is 5.63. The molecule has 0 amide bonds. The van der Waals surface area contributed by atoms with Crippen molar-refractivity contribution in [3.05, 3.63) is 48.4 Å². The Balaban J connectivity index is 3.06. The van der Waals surface area contributed by atoms with Crippen LogP contribution in [0.3, 0.4) is 0 Å². The van der Waals surface area contributed by atoms with E-state index in [9.17, 15) is 0 Å². The number of allylic oxidation sites excluding steroid dienone is 2. The van der Waals surface area contributed by atoms with Crippen LogP contribution in [0.15, 0.2) is 30.3 Å². The van der Waals surface area contributed by atoms with Gasteiger partial charge in [0.2, 0.25) is 0 Å². The fourth-order valence-corrected chi connectivity index (χ4v) is 0.951. The fourth-order valence-electron chi connectivity index (χ4n) is 0.951. The number of rotatable bonds is 1. The molecule has 0 nitrogen and oxygen atoms in total. The van der Waals surface area contributed by atoms with Crippen molar-refractivity contribution in [1.82, 2.24) is 0 Å². The molecule has 0 aliphatic rings. The lowest BCUT2D eigenvalue weighted by Crippen LogP contribution is -1.79. The van der Waals surface area contributed by atoms with Crippen molar-refractivity contribution in [2.45, 2.75) is 13.8 Å². The van der Waals surface area contributed by atoms with Crippen LogP contribution in [0, 0.1) is 6.92 Å². The normalized spacial score (nSPS) is 11.7. The molecule has 0 spiro atoms. The number of hydrogen-bond donors (Lipinski definition) is 0. The van der Waals surface area contributed by atoms with Crippen LogP contribution < -0.4 is 0 Å². The van der Waals surface area contributed by atoms with Gasteiger partial charge in [-0.2, -0.15) is 0 Å². The van der Waals surface area contributed by atoms with Crippen molar-refractivity contribution < 1.29 is 0 Å². The molecule has 0 heterocycles. The first-order chi connectivity index (χ1) is 5.24. The van der Waals surface area contributed by atoms with Gasteiger partial charge in [-0.15, -0.1) is 0 Å².